The molecule has 2 aromatic heterocycles. The SMILES string of the molecule is CCn1cc(-c2ncnc3cc(OC(F)F)c(Br)cc23)c(-c2ccccc2)n1.O=C([O-])C(F)(F)Cl.[Na+]. The van der Waals surface area contributed by atoms with Gasteiger partial charge in [-0.3, -0.25) is 4.68 Å². The Morgan fingerprint density at radius 2 is 1.83 bits per heavy atom. The third kappa shape index (κ3) is 7.39. The molecule has 36 heavy (non-hydrogen) atoms. The van der Waals surface area contributed by atoms with Gasteiger partial charge < -0.3 is 14.6 Å². The molecule has 0 aliphatic carbocycles. The van der Waals surface area contributed by atoms with Crippen LogP contribution in [0.5, 0.6) is 5.75 Å². The number of aromatic nitrogens is 4. The van der Waals surface area contributed by atoms with Crippen LogP contribution in [0.1, 0.15) is 6.92 Å². The van der Waals surface area contributed by atoms with E-state index in [4.69, 9.17) is 9.90 Å². The van der Waals surface area contributed by atoms with E-state index in [9.17, 15) is 17.6 Å². The zero-order chi connectivity index (χ0) is 25.8. The molecular weight excluding hydrogens is 583 g/mol. The summed E-state index contributed by atoms with van der Waals surface area (Å²) in [5.41, 5.74) is 3.79. The first-order valence-electron chi connectivity index (χ1n) is 9.81. The van der Waals surface area contributed by atoms with Crippen molar-refractivity contribution in [3.63, 3.8) is 0 Å². The summed E-state index contributed by atoms with van der Waals surface area (Å²) >= 11 is 7.17. The monoisotopic (exact) mass is 596 g/mol. The second-order valence-electron chi connectivity index (χ2n) is 6.80. The standard InChI is InChI=1S/C20H15BrF2N4O.C2HClF2O2.Na/c1-2-27-10-14(18(26-27)12-6-4-3-5-7-12)19-13-8-15(21)17(28-20(22)23)9-16(13)24-11-25-19;3-2(4,5)1(6)7;/h3-11,20H,2H2,1H3;(H,6,7);/q;;+1/p-1. The van der Waals surface area contributed by atoms with Gasteiger partial charge >= 0.3 is 41.6 Å². The normalized spacial score (nSPS) is 11.0. The van der Waals surface area contributed by atoms with E-state index in [0.717, 1.165) is 16.8 Å². The number of rotatable bonds is 6. The van der Waals surface area contributed by atoms with Gasteiger partial charge in [-0.25, -0.2) is 9.97 Å². The molecule has 0 N–H and O–H groups in total. The van der Waals surface area contributed by atoms with Gasteiger partial charge in [0, 0.05) is 35.3 Å². The number of aryl methyl sites for hydroxylation is 1. The number of carbonyl (C=O) groups excluding carboxylic acids is 1. The average molecular weight is 598 g/mol. The summed E-state index contributed by atoms with van der Waals surface area (Å²) in [5, 5.41) is 10.2. The van der Waals surface area contributed by atoms with Crippen LogP contribution in [0.3, 0.4) is 0 Å². The average Bonchev–Trinajstić information content (AvgIpc) is 3.24. The quantitative estimate of drug-likeness (QED) is 0.192. The van der Waals surface area contributed by atoms with E-state index in [2.05, 4.69) is 47.3 Å². The molecule has 14 heteroatoms. The molecule has 0 spiro atoms. The van der Waals surface area contributed by atoms with Gasteiger partial charge in [0.1, 0.15) is 23.7 Å². The number of halogens is 6. The zero-order valence-electron chi connectivity index (χ0n) is 18.8. The van der Waals surface area contributed by atoms with Crippen molar-refractivity contribution in [2.24, 2.45) is 0 Å². The zero-order valence-corrected chi connectivity index (χ0v) is 23.1. The Labute approximate surface area is 237 Å². The Balaban J connectivity index is 0.000000503. The maximum Gasteiger partial charge on any atom is 1.00 e. The van der Waals surface area contributed by atoms with Crippen molar-refractivity contribution in [3.05, 3.63) is 59.5 Å². The van der Waals surface area contributed by atoms with Gasteiger partial charge in [0.25, 0.3) is 0 Å². The number of hydrogen-bond acceptors (Lipinski definition) is 6. The third-order valence-electron chi connectivity index (χ3n) is 4.52. The molecule has 0 radical (unpaired) electrons. The van der Waals surface area contributed by atoms with Crippen LogP contribution in [0.15, 0.2) is 59.5 Å². The van der Waals surface area contributed by atoms with Crippen molar-refractivity contribution in [1.29, 1.82) is 0 Å². The molecule has 2 heterocycles. The molecule has 7 nitrogen and oxygen atoms in total. The number of carbonyl (C=O) groups is 1. The molecule has 0 saturated heterocycles. The van der Waals surface area contributed by atoms with Gasteiger partial charge in [-0.1, -0.05) is 30.3 Å². The molecule has 0 atom stereocenters. The first kappa shape index (κ1) is 30.0. The molecule has 4 rings (SSSR count). The summed E-state index contributed by atoms with van der Waals surface area (Å²) in [7, 11) is 0. The van der Waals surface area contributed by atoms with Crippen LogP contribution in [-0.2, 0) is 11.3 Å². The third-order valence-corrected chi connectivity index (χ3v) is 5.30. The number of alkyl halides is 5. The Morgan fingerprint density at radius 3 is 2.39 bits per heavy atom. The van der Waals surface area contributed by atoms with Crippen molar-refractivity contribution < 1.29 is 61.8 Å². The van der Waals surface area contributed by atoms with Crippen molar-refractivity contribution in [1.82, 2.24) is 19.7 Å². The minimum Gasteiger partial charge on any atom is -0.543 e. The number of carboxylic acids is 1. The van der Waals surface area contributed by atoms with Crippen molar-refractivity contribution in [2.75, 3.05) is 0 Å². The van der Waals surface area contributed by atoms with Gasteiger partial charge in [0.15, 0.2) is 0 Å². The first-order chi connectivity index (χ1) is 16.5. The fraction of sp³-hybridized carbons (Fsp3) is 0.182. The summed E-state index contributed by atoms with van der Waals surface area (Å²) in [6.45, 7) is -0.199. The van der Waals surface area contributed by atoms with Crippen LogP contribution in [0, 0.1) is 0 Å². The number of nitrogens with zero attached hydrogens (tertiary/aromatic N) is 4. The van der Waals surface area contributed by atoms with E-state index in [1.807, 2.05) is 48.1 Å². The van der Waals surface area contributed by atoms with Crippen LogP contribution in [-0.4, -0.2) is 37.7 Å². The minimum absolute atomic E-state index is 0. The molecule has 0 bridgehead atoms. The molecule has 0 fully saturated rings. The largest absolute Gasteiger partial charge is 1.00 e. The van der Waals surface area contributed by atoms with Gasteiger partial charge in [0.05, 0.1) is 15.7 Å². The predicted octanol–water partition coefficient (Wildman–Crippen LogP) is 2.12. The van der Waals surface area contributed by atoms with E-state index in [0.29, 0.717) is 27.6 Å². The summed E-state index contributed by atoms with van der Waals surface area (Å²) in [6, 6.07) is 13.0. The van der Waals surface area contributed by atoms with Crippen LogP contribution < -0.4 is 39.4 Å². The first-order valence-corrected chi connectivity index (χ1v) is 11.0. The number of benzene rings is 2. The number of fused-ring (bicyclic) bond motifs is 1. The molecule has 184 valence electrons. The smallest absolute Gasteiger partial charge is 0.543 e. The summed E-state index contributed by atoms with van der Waals surface area (Å²) in [6.07, 6.45) is 3.34. The van der Waals surface area contributed by atoms with E-state index in [1.165, 1.54) is 12.4 Å². The summed E-state index contributed by atoms with van der Waals surface area (Å²) in [5.74, 6) is -2.55. The van der Waals surface area contributed by atoms with Crippen LogP contribution in [0.2, 0.25) is 0 Å². The minimum atomic E-state index is -4.22. The van der Waals surface area contributed by atoms with Gasteiger partial charge in [-0.2, -0.15) is 22.7 Å². The number of aliphatic carboxylic acids is 1. The fourth-order valence-electron chi connectivity index (χ4n) is 3.02. The number of hydrogen-bond donors (Lipinski definition) is 0. The van der Waals surface area contributed by atoms with Crippen molar-refractivity contribution in [3.8, 4) is 28.3 Å². The van der Waals surface area contributed by atoms with E-state index >= 15 is 0 Å². The maximum atomic E-state index is 12.6. The Hall–Kier alpha value is -2.25. The topological polar surface area (TPSA) is 93.0 Å². The molecule has 0 unspecified atom stereocenters. The fourth-order valence-corrected chi connectivity index (χ4v) is 3.46. The number of carboxylic acid groups (broad SMARTS) is 1. The van der Waals surface area contributed by atoms with E-state index in [-0.39, 0.29) is 35.3 Å². The molecule has 0 aliphatic rings. The predicted molar refractivity (Wildman–Crippen MR) is 122 cm³/mol. The molecule has 0 amide bonds. The van der Waals surface area contributed by atoms with Crippen molar-refractivity contribution in [2.45, 2.75) is 25.5 Å². The summed E-state index contributed by atoms with van der Waals surface area (Å²) < 4.78 is 54.0. The molecule has 0 saturated carbocycles. The Bertz CT molecular complexity index is 1340. The Morgan fingerprint density at radius 1 is 1.19 bits per heavy atom. The van der Waals surface area contributed by atoms with Gasteiger partial charge in [-0.15, -0.1) is 0 Å². The number of ether oxygens (including phenoxy) is 1. The molecular formula is C22H15BrClF4N4NaO3. The van der Waals surface area contributed by atoms with Gasteiger partial charge in [0.2, 0.25) is 0 Å². The van der Waals surface area contributed by atoms with Crippen molar-refractivity contribution >= 4 is 44.4 Å². The molecule has 2 aromatic carbocycles. The second kappa shape index (κ2) is 12.8. The molecule has 0 aliphatic heterocycles. The summed E-state index contributed by atoms with van der Waals surface area (Å²) in [4.78, 5) is 17.7. The molecule has 4 aromatic rings. The second-order valence-corrected chi connectivity index (χ2v) is 8.13. The van der Waals surface area contributed by atoms with Gasteiger partial charge in [-0.05, 0) is 40.5 Å². The van der Waals surface area contributed by atoms with E-state index in [1.54, 1.807) is 6.07 Å². The van der Waals surface area contributed by atoms with E-state index < -0.39 is 18.0 Å². The van der Waals surface area contributed by atoms with Crippen LogP contribution in [0.25, 0.3) is 33.4 Å². The van der Waals surface area contributed by atoms with Crippen LogP contribution in [0.4, 0.5) is 17.6 Å². The maximum absolute atomic E-state index is 12.6. The van der Waals surface area contributed by atoms with Crippen LogP contribution >= 0.6 is 27.5 Å². The Kier molecular flexibility index (Phi) is 10.7.